The van der Waals surface area contributed by atoms with E-state index in [9.17, 15) is 4.79 Å². The maximum absolute atomic E-state index is 12.3. The first kappa shape index (κ1) is 12.8. The highest BCUT2D eigenvalue weighted by molar-refractivity contribution is 7.15. The number of nitrogens with zero attached hydrogens (tertiary/aromatic N) is 3. The molecule has 0 aromatic carbocycles. The second-order valence-corrected chi connectivity index (χ2v) is 6.70. The predicted octanol–water partition coefficient (Wildman–Crippen LogP) is 2.05. The maximum atomic E-state index is 12.3. The molecule has 104 valence electrons. The molecular formula is C13H20N4OS. The Kier molecular flexibility index (Phi) is 3.68. The molecule has 1 unspecified atom stereocenters. The minimum absolute atomic E-state index is 0.294. The second-order valence-electron chi connectivity index (χ2n) is 5.52. The van der Waals surface area contributed by atoms with E-state index in [1.54, 1.807) is 11.3 Å². The minimum atomic E-state index is 0.294. The van der Waals surface area contributed by atoms with Gasteiger partial charge in [0, 0.05) is 25.0 Å². The zero-order valence-corrected chi connectivity index (χ0v) is 12.1. The average molecular weight is 280 g/mol. The molecule has 0 spiro atoms. The first-order valence-corrected chi connectivity index (χ1v) is 7.89. The Hall–Kier alpha value is -1.17. The Morgan fingerprint density at radius 3 is 2.79 bits per heavy atom. The molecule has 1 aromatic rings. The lowest BCUT2D eigenvalue weighted by Crippen LogP contribution is -2.35. The molecule has 1 saturated carbocycles. The van der Waals surface area contributed by atoms with Gasteiger partial charge in [0.25, 0.3) is 0 Å². The topological polar surface area (TPSA) is 58.1 Å². The summed E-state index contributed by atoms with van der Waals surface area (Å²) in [6.45, 7) is 3.65. The zero-order chi connectivity index (χ0) is 13.2. The van der Waals surface area contributed by atoms with E-state index < -0.39 is 0 Å². The molecule has 0 bridgehead atoms. The van der Waals surface area contributed by atoms with Crippen LogP contribution in [0.3, 0.4) is 0 Å². The third-order valence-electron chi connectivity index (χ3n) is 4.06. The number of carbonyl (C=O) groups is 1. The Bertz CT molecular complexity index is 455. The molecule has 2 aliphatic rings. The predicted molar refractivity (Wildman–Crippen MR) is 75.2 cm³/mol. The minimum Gasteiger partial charge on any atom is -0.355 e. The summed E-state index contributed by atoms with van der Waals surface area (Å²) in [6, 6.07) is 0.331. The van der Waals surface area contributed by atoms with E-state index in [2.05, 4.69) is 15.5 Å². The van der Waals surface area contributed by atoms with Crippen molar-refractivity contribution in [2.45, 2.75) is 45.1 Å². The van der Waals surface area contributed by atoms with Crippen LogP contribution < -0.4 is 5.32 Å². The van der Waals surface area contributed by atoms with Gasteiger partial charge >= 0.3 is 0 Å². The highest BCUT2D eigenvalue weighted by Crippen LogP contribution is 2.28. The number of carbonyl (C=O) groups excluding carboxylic acids is 1. The van der Waals surface area contributed by atoms with Crippen molar-refractivity contribution in [2.24, 2.45) is 5.92 Å². The zero-order valence-electron chi connectivity index (χ0n) is 11.3. The molecular weight excluding hydrogens is 260 g/mol. The number of anilines is 1. The fourth-order valence-electron chi connectivity index (χ4n) is 3.04. The average Bonchev–Trinajstić information content (AvgIpc) is 3.10. The largest absolute Gasteiger partial charge is 0.355 e. The van der Waals surface area contributed by atoms with Gasteiger partial charge in [-0.05, 0) is 26.2 Å². The van der Waals surface area contributed by atoms with Crippen LogP contribution in [0.4, 0.5) is 5.13 Å². The van der Waals surface area contributed by atoms with Crippen molar-refractivity contribution >= 4 is 22.4 Å². The fraction of sp³-hybridized carbons (Fsp3) is 0.769. The third kappa shape index (κ3) is 2.88. The van der Waals surface area contributed by atoms with Crippen LogP contribution in [0, 0.1) is 12.8 Å². The van der Waals surface area contributed by atoms with Crippen LogP contribution in [-0.4, -0.2) is 40.1 Å². The molecule has 19 heavy (non-hydrogen) atoms. The van der Waals surface area contributed by atoms with Gasteiger partial charge in [0.2, 0.25) is 11.0 Å². The summed E-state index contributed by atoms with van der Waals surface area (Å²) >= 11 is 1.57. The second kappa shape index (κ2) is 5.45. The van der Waals surface area contributed by atoms with Crippen LogP contribution in [-0.2, 0) is 4.79 Å². The van der Waals surface area contributed by atoms with Crippen LogP contribution in [0.2, 0.25) is 0 Å². The maximum Gasteiger partial charge on any atom is 0.225 e. The quantitative estimate of drug-likeness (QED) is 0.920. The van der Waals surface area contributed by atoms with E-state index >= 15 is 0 Å². The number of amides is 1. The van der Waals surface area contributed by atoms with Crippen molar-refractivity contribution in [1.82, 2.24) is 15.1 Å². The lowest BCUT2D eigenvalue weighted by atomic mass is 10.1. The van der Waals surface area contributed by atoms with Gasteiger partial charge in [0.15, 0.2) is 0 Å². The van der Waals surface area contributed by atoms with Gasteiger partial charge in [-0.25, -0.2) is 0 Å². The van der Waals surface area contributed by atoms with Crippen LogP contribution in [0.25, 0.3) is 0 Å². The first-order valence-electron chi connectivity index (χ1n) is 7.08. The van der Waals surface area contributed by atoms with Crippen molar-refractivity contribution < 1.29 is 4.79 Å². The van der Waals surface area contributed by atoms with E-state index in [1.165, 1.54) is 12.8 Å². The molecule has 2 heterocycles. The van der Waals surface area contributed by atoms with Gasteiger partial charge in [-0.15, -0.1) is 10.2 Å². The molecule has 1 aliphatic heterocycles. The van der Waals surface area contributed by atoms with E-state index in [-0.39, 0.29) is 0 Å². The van der Waals surface area contributed by atoms with E-state index in [4.69, 9.17) is 0 Å². The Morgan fingerprint density at radius 1 is 1.32 bits per heavy atom. The summed E-state index contributed by atoms with van der Waals surface area (Å²) in [5.74, 6) is 0.665. The molecule has 1 saturated heterocycles. The summed E-state index contributed by atoms with van der Waals surface area (Å²) < 4.78 is 0. The SMILES string of the molecule is Cc1nnc(NC2CCN(C(=O)C3CCCC3)C2)s1. The standard InChI is InChI=1S/C13H20N4OS/c1-9-15-16-13(19-9)14-11-6-7-17(8-11)12(18)10-4-2-3-5-10/h10-11H,2-8H2,1H3,(H,14,16). The summed E-state index contributed by atoms with van der Waals surface area (Å²) in [5, 5.41) is 13.3. The molecule has 5 nitrogen and oxygen atoms in total. The lowest BCUT2D eigenvalue weighted by molar-refractivity contribution is -0.134. The normalized spacial score (nSPS) is 24.1. The highest BCUT2D eigenvalue weighted by Gasteiger charge is 2.32. The molecule has 6 heteroatoms. The number of hydrogen-bond donors (Lipinski definition) is 1. The fourth-order valence-corrected chi connectivity index (χ4v) is 3.71. The number of hydrogen-bond acceptors (Lipinski definition) is 5. The molecule has 0 radical (unpaired) electrons. The summed E-state index contributed by atoms with van der Waals surface area (Å²) in [4.78, 5) is 14.4. The number of aromatic nitrogens is 2. The van der Waals surface area contributed by atoms with E-state index in [1.807, 2.05) is 11.8 Å². The number of aryl methyl sites for hydroxylation is 1. The number of rotatable bonds is 3. The molecule has 1 aliphatic carbocycles. The molecule has 1 atom stereocenters. The highest BCUT2D eigenvalue weighted by atomic mass is 32.1. The van der Waals surface area contributed by atoms with Crippen LogP contribution >= 0.6 is 11.3 Å². The Labute approximate surface area is 117 Å². The first-order chi connectivity index (χ1) is 9.22. The van der Waals surface area contributed by atoms with Crippen molar-refractivity contribution in [3.63, 3.8) is 0 Å². The smallest absolute Gasteiger partial charge is 0.225 e. The van der Waals surface area contributed by atoms with Gasteiger partial charge in [0.05, 0.1) is 0 Å². The molecule has 1 amide bonds. The van der Waals surface area contributed by atoms with Gasteiger partial charge < -0.3 is 10.2 Å². The van der Waals surface area contributed by atoms with Gasteiger partial charge in [-0.2, -0.15) is 0 Å². The van der Waals surface area contributed by atoms with Gasteiger partial charge in [-0.3, -0.25) is 4.79 Å². The molecule has 2 fully saturated rings. The van der Waals surface area contributed by atoms with Crippen molar-refractivity contribution in [1.29, 1.82) is 0 Å². The lowest BCUT2D eigenvalue weighted by Gasteiger charge is -2.20. The monoisotopic (exact) mass is 280 g/mol. The summed E-state index contributed by atoms with van der Waals surface area (Å²) in [5.41, 5.74) is 0. The summed E-state index contributed by atoms with van der Waals surface area (Å²) in [7, 11) is 0. The number of likely N-dealkylation sites (tertiary alicyclic amines) is 1. The van der Waals surface area contributed by atoms with Crippen LogP contribution in [0.15, 0.2) is 0 Å². The Balaban J connectivity index is 1.53. The van der Waals surface area contributed by atoms with Crippen molar-refractivity contribution in [3.05, 3.63) is 5.01 Å². The Morgan fingerprint density at radius 2 is 2.11 bits per heavy atom. The third-order valence-corrected chi connectivity index (χ3v) is 4.83. The molecule has 3 rings (SSSR count). The van der Waals surface area contributed by atoms with Crippen molar-refractivity contribution in [3.8, 4) is 0 Å². The van der Waals surface area contributed by atoms with Crippen molar-refractivity contribution in [2.75, 3.05) is 18.4 Å². The summed E-state index contributed by atoms with van der Waals surface area (Å²) in [6.07, 6.45) is 5.62. The van der Waals surface area contributed by atoms with Gasteiger partial charge in [0.1, 0.15) is 5.01 Å². The van der Waals surface area contributed by atoms with Crippen LogP contribution in [0.5, 0.6) is 0 Å². The van der Waals surface area contributed by atoms with Gasteiger partial charge in [-0.1, -0.05) is 24.2 Å². The number of nitrogens with one attached hydrogen (secondary N) is 1. The van der Waals surface area contributed by atoms with E-state index in [0.29, 0.717) is 17.9 Å². The molecule has 1 N–H and O–H groups in total. The van der Waals surface area contributed by atoms with E-state index in [0.717, 1.165) is 42.5 Å². The van der Waals surface area contributed by atoms with Crippen LogP contribution in [0.1, 0.15) is 37.1 Å². The molecule has 1 aromatic heterocycles.